The van der Waals surface area contributed by atoms with Crippen molar-refractivity contribution in [1.82, 2.24) is 20.6 Å². The van der Waals surface area contributed by atoms with E-state index in [2.05, 4.69) is 32.4 Å². The van der Waals surface area contributed by atoms with Gasteiger partial charge in [-0.15, -0.1) is 0 Å². The first-order chi connectivity index (χ1) is 10.2. The lowest BCUT2D eigenvalue weighted by Crippen LogP contribution is -2.43. The third kappa shape index (κ3) is 4.21. The van der Waals surface area contributed by atoms with Gasteiger partial charge >= 0.3 is 6.03 Å². The van der Waals surface area contributed by atoms with E-state index in [4.69, 9.17) is 4.74 Å². The number of urea groups is 1. The molecule has 7 nitrogen and oxygen atoms in total. The number of nitrogens with one attached hydrogen (secondary N) is 2. The molecule has 0 radical (unpaired) electrons. The molecule has 1 saturated heterocycles. The average Bonchev–Trinajstić information content (AvgIpc) is 2.94. The van der Waals surface area contributed by atoms with Gasteiger partial charge in [0, 0.05) is 38.1 Å². The van der Waals surface area contributed by atoms with E-state index in [0.717, 1.165) is 31.7 Å². The van der Waals surface area contributed by atoms with Crippen molar-refractivity contribution in [1.29, 1.82) is 0 Å². The van der Waals surface area contributed by atoms with Gasteiger partial charge in [-0.25, -0.2) is 14.8 Å². The molecule has 0 spiro atoms. The van der Waals surface area contributed by atoms with Gasteiger partial charge in [0.05, 0.1) is 6.61 Å². The topological polar surface area (TPSA) is 79.4 Å². The van der Waals surface area contributed by atoms with Crippen molar-refractivity contribution in [3.63, 3.8) is 0 Å². The highest BCUT2D eigenvalue weighted by Gasteiger charge is 2.27. The standard InChI is InChI=1S/C14H23N5O2/c1-3-9-21-13-12(16-6-7-17-13)19-8-5-11(10-19)18-14(20)15-4-2/h6-7,11H,3-5,8-10H2,1-2H3,(H2,15,18,20)/t11-/m1/s1. The van der Waals surface area contributed by atoms with Gasteiger partial charge in [0.15, 0.2) is 5.82 Å². The second-order valence-electron chi connectivity index (χ2n) is 4.97. The van der Waals surface area contributed by atoms with Crippen LogP contribution in [0.5, 0.6) is 5.88 Å². The summed E-state index contributed by atoms with van der Waals surface area (Å²) in [6.07, 6.45) is 5.12. The van der Waals surface area contributed by atoms with E-state index < -0.39 is 0 Å². The van der Waals surface area contributed by atoms with Crippen LogP contribution in [-0.2, 0) is 0 Å². The number of carbonyl (C=O) groups excluding carboxylic acids is 1. The van der Waals surface area contributed by atoms with E-state index in [-0.39, 0.29) is 12.1 Å². The predicted octanol–water partition coefficient (Wildman–Crippen LogP) is 1.16. The molecule has 2 N–H and O–H groups in total. The van der Waals surface area contributed by atoms with E-state index >= 15 is 0 Å². The lowest BCUT2D eigenvalue weighted by atomic mass is 10.3. The van der Waals surface area contributed by atoms with Gasteiger partial charge in [0.2, 0.25) is 0 Å². The Balaban J connectivity index is 1.96. The van der Waals surface area contributed by atoms with Crippen LogP contribution < -0.4 is 20.3 Å². The first kappa shape index (κ1) is 15.3. The highest BCUT2D eigenvalue weighted by atomic mass is 16.5. The molecule has 1 aromatic rings. The number of ether oxygens (including phenoxy) is 1. The van der Waals surface area contributed by atoms with Crippen molar-refractivity contribution >= 4 is 11.8 Å². The molecule has 2 amide bonds. The molecule has 7 heteroatoms. The quantitative estimate of drug-likeness (QED) is 0.823. The molecule has 1 aliphatic heterocycles. The molecular weight excluding hydrogens is 270 g/mol. The number of anilines is 1. The van der Waals surface area contributed by atoms with Gasteiger partial charge < -0.3 is 20.3 Å². The smallest absolute Gasteiger partial charge is 0.315 e. The molecule has 0 saturated carbocycles. The maximum absolute atomic E-state index is 11.6. The minimum atomic E-state index is -0.119. The van der Waals surface area contributed by atoms with Gasteiger partial charge in [-0.2, -0.15) is 0 Å². The van der Waals surface area contributed by atoms with Crippen molar-refractivity contribution in [3.05, 3.63) is 12.4 Å². The zero-order valence-electron chi connectivity index (χ0n) is 12.6. The monoisotopic (exact) mass is 293 g/mol. The fourth-order valence-corrected chi connectivity index (χ4v) is 2.30. The van der Waals surface area contributed by atoms with Crippen molar-refractivity contribution in [3.8, 4) is 5.88 Å². The van der Waals surface area contributed by atoms with Gasteiger partial charge in [0.1, 0.15) is 0 Å². The first-order valence-corrected chi connectivity index (χ1v) is 7.47. The van der Waals surface area contributed by atoms with Gasteiger partial charge in [0.25, 0.3) is 5.88 Å². The SMILES string of the molecule is CCCOc1nccnc1N1CC[C@@H](NC(=O)NCC)C1. The third-order valence-corrected chi connectivity index (χ3v) is 3.25. The van der Waals surface area contributed by atoms with Crippen LogP contribution in [0.15, 0.2) is 12.4 Å². The Hall–Kier alpha value is -2.05. The first-order valence-electron chi connectivity index (χ1n) is 7.47. The number of amides is 2. The van der Waals surface area contributed by atoms with Crippen molar-refractivity contribution in [2.24, 2.45) is 0 Å². The lowest BCUT2D eigenvalue weighted by molar-refractivity contribution is 0.238. The molecule has 0 bridgehead atoms. The summed E-state index contributed by atoms with van der Waals surface area (Å²) >= 11 is 0. The third-order valence-electron chi connectivity index (χ3n) is 3.25. The van der Waals surface area contributed by atoms with Gasteiger partial charge in [-0.05, 0) is 19.8 Å². The maximum atomic E-state index is 11.6. The van der Waals surface area contributed by atoms with Crippen LogP contribution >= 0.6 is 0 Å². The molecule has 1 atom stereocenters. The van der Waals surface area contributed by atoms with E-state index in [9.17, 15) is 4.79 Å². The Morgan fingerprint density at radius 1 is 1.43 bits per heavy atom. The average molecular weight is 293 g/mol. The molecule has 116 valence electrons. The molecule has 0 aliphatic carbocycles. The highest BCUT2D eigenvalue weighted by molar-refractivity contribution is 5.74. The van der Waals surface area contributed by atoms with Gasteiger partial charge in [-0.3, -0.25) is 0 Å². The summed E-state index contributed by atoms with van der Waals surface area (Å²) in [7, 11) is 0. The second-order valence-corrected chi connectivity index (χ2v) is 4.97. The minimum Gasteiger partial charge on any atom is -0.475 e. The molecular formula is C14H23N5O2. The minimum absolute atomic E-state index is 0.119. The highest BCUT2D eigenvalue weighted by Crippen LogP contribution is 2.26. The van der Waals surface area contributed by atoms with Crippen LogP contribution in [0.25, 0.3) is 0 Å². The molecule has 2 heterocycles. The van der Waals surface area contributed by atoms with E-state index in [1.165, 1.54) is 0 Å². The molecule has 21 heavy (non-hydrogen) atoms. The van der Waals surface area contributed by atoms with Crippen LogP contribution in [0.2, 0.25) is 0 Å². The summed E-state index contributed by atoms with van der Waals surface area (Å²) in [4.78, 5) is 22.3. The molecule has 0 unspecified atom stereocenters. The van der Waals surface area contributed by atoms with E-state index in [1.54, 1.807) is 12.4 Å². The normalized spacial score (nSPS) is 17.6. The molecule has 2 rings (SSSR count). The summed E-state index contributed by atoms with van der Waals surface area (Å²) in [6, 6.07) is 0.00327. The number of hydrogen-bond acceptors (Lipinski definition) is 5. The molecule has 1 fully saturated rings. The van der Waals surface area contributed by atoms with Crippen molar-refractivity contribution in [2.75, 3.05) is 31.1 Å². The molecule has 1 aromatic heterocycles. The lowest BCUT2D eigenvalue weighted by Gasteiger charge is -2.19. The Morgan fingerprint density at radius 3 is 3.00 bits per heavy atom. The maximum Gasteiger partial charge on any atom is 0.315 e. The summed E-state index contributed by atoms with van der Waals surface area (Å²) in [5.74, 6) is 1.32. The Kier molecular flexibility index (Phi) is 5.59. The van der Waals surface area contributed by atoms with E-state index in [0.29, 0.717) is 19.0 Å². The number of hydrogen-bond donors (Lipinski definition) is 2. The summed E-state index contributed by atoms with van der Waals surface area (Å²) in [6.45, 7) is 6.76. The van der Waals surface area contributed by atoms with Gasteiger partial charge in [-0.1, -0.05) is 6.92 Å². The van der Waals surface area contributed by atoms with Crippen LogP contribution in [-0.4, -0.2) is 48.3 Å². The fraction of sp³-hybridized carbons (Fsp3) is 0.643. The largest absolute Gasteiger partial charge is 0.475 e. The number of aromatic nitrogens is 2. The van der Waals surface area contributed by atoms with Crippen molar-refractivity contribution in [2.45, 2.75) is 32.7 Å². The Morgan fingerprint density at radius 2 is 2.24 bits per heavy atom. The van der Waals surface area contributed by atoms with Crippen LogP contribution in [0, 0.1) is 0 Å². The van der Waals surface area contributed by atoms with Crippen LogP contribution in [0.4, 0.5) is 10.6 Å². The van der Waals surface area contributed by atoms with Crippen LogP contribution in [0.1, 0.15) is 26.7 Å². The number of carbonyl (C=O) groups is 1. The second kappa shape index (κ2) is 7.66. The summed E-state index contributed by atoms with van der Waals surface area (Å²) in [5, 5.41) is 5.71. The predicted molar refractivity (Wildman–Crippen MR) is 80.6 cm³/mol. The fourth-order valence-electron chi connectivity index (χ4n) is 2.30. The number of rotatable bonds is 6. The zero-order chi connectivity index (χ0) is 15.1. The molecule has 1 aliphatic rings. The molecule has 0 aromatic carbocycles. The summed E-state index contributed by atoms with van der Waals surface area (Å²) < 4.78 is 5.64. The number of nitrogens with zero attached hydrogens (tertiary/aromatic N) is 3. The summed E-state index contributed by atoms with van der Waals surface area (Å²) in [5.41, 5.74) is 0. The Labute approximate surface area is 125 Å². The zero-order valence-corrected chi connectivity index (χ0v) is 12.6. The van der Waals surface area contributed by atoms with Crippen LogP contribution in [0.3, 0.4) is 0 Å². The van der Waals surface area contributed by atoms with E-state index in [1.807, 2.05) is 6.92 Å². The Bertz CT molecular complexity index is 468. The van der Waals surface area contributed by atoms with Crippen molar-refractivity contribution < 1.29 is 9.53 Å².